The maximum Gasteiger partial charge on any atom is 0.233 e. The quantitative estimate of drug-likeness (QED) is 0.796. The van der Waals surface area contributed by atoms with Crippen molar-refractivity contribution in [3.05, 3.63) is 0 Å². The molecule has 1 saturated carbocycles. The smallest absolute Gasteiger partial charge is 0.233 e. The zero-order valence-electron chi connectivity index (χ0n) is 13.4. The summed E-state index contributed by atoms with van der Waals surface area (Å²) in [5.74, 6) is 1.85. The molecule has 6 nitrogen and oxygen atoms in total. The molecule has 1 saturated heterocycles. The highest BCUT2D eigenvalue weighted by Crippen LogP contribution is 2.31. The standard InChI is InChI=1S/C15H25N5OS/c1-11-7-12(2)9-19(8-11)14(21)10-22-15-16-17-18-20(15)13-5-3-4-6-13/h11-13H,3-10H2,1-2H3. The predicted octanol–water partition coefficient (Wildman–Crippen LogP) is 2.38. The summed E-state index contributed by atoms with van der Waals surface area (Å²) in [4.78, 5) is 14.5. The Hall–Kier alpha value is -1.11. The van der Waals surface area contributed by atoms with Crippen molar-refractivity contribution in [2.24, 2.45) is 11.8 Å². The van der Waals surface area contributed by atoms with E-state index in [1.807, 2.05) is 9.58 Å². The molecule has 2 unspecified atom stereocenters. The molecule has 3 rings (SSSR count). The molecule has 1 aliphatic heterocycles. The van der Waals surface area contributed by atoms with Crippen molar-refractivity contribution in [3.63, 3.8) is 0 Å². The number of likely N-dealkylation sites (tertiary alicyclic amines) is 1. The molecule has 2 atom stereocenters. The number of thioether (sulfide) groups is 1. The molecule has 7 heteroatoms. The van der Waals surface area contributed by atoms with Crippen LogP contribution in [-0.2, 0) is 4.79 Å². The average molecular weight is 323 g/mol. The maximum atomic E-state index is 12.4. The van der Waals surface area contributed by atoms with E-state index < -0.39 is 0 Å². The highest BCUT2D eigenvalue weighted by atomic mass is 32.2. The van der Waals surface area contributed by atoms with Gasteiger partial charge in [0, 0.05) is 13.1 Å². The third-order valence-corrected chi connectivity index (χ3v) is 5.60. The lowest BCUT2D eigenvalue weighted by Gasteiger charge is -2.34. The van der Waals surface area contributed by atoms with Crippen LogP contribution in [0.2, 0.25) is 0 Å². The molecule has 1 aliphatic carbocycles. The summed E-state index contributed by atoms with van der Waals surface area (Å²) in [6, 6.07) is 0.419. The molecule has 2 heterocycles. The summed E-state index contributed by atoms with van der Waals surface area (Å²) < 4.78 is 1.92. The number of nitrogens with zero attached hydrogens (tertiary/aromatic N) is 5. The Labute approximate surface area is 136 Å². The second-order valence-corrected chi connectivity index (χ2v) is 7.82. The van der Waals surface area contributed by atoms with E-state index >= 15 is 0 Å². The van der Waals surface area contributed by atoms with Crippen LogP contribution < -0.4 is 0 Å². The van der Waals surface area contributed by atoms with E-state index in [1.54, 1.807) is 0 Å². The molecule has 0 radical (unpaired) electrons. The average Bonchev–Trinajstić information content (AvgIpc) is 3.14. The van der Waals surface area contributed by atoms with Gasteiger partial charge >= 0.3 is 0 Å². The molecule has 0 N–H and O–H groups in total. The van der Waals surface area contributed by atoms with E-state index in [0.717, 1.165) is 31.1 Å². The number of hydrogen-bond acceptors (Lipinski definition) is 5. The lowest BCUT2D eigenvalue weighted by atomic mass is 9.92. The van der Waals surface area contributed by atoms with Gasteiger partial charge in [0.25, 0.3) is 0 Å². The van der Waals surface area contributed by atoms with Crippen molar-refractivity contribution in [1.29, 1.82) is 0 Å². The first kappa shape index (κ1) is 15.8. The maximum absolute atomic E-state index is 12.4. The van der Waals surface area contributed by atoms with E-state index in [9.17, 15) is 4.79 Å². The number of amides is 1. The van der Waals surface area contributed by atoms with Gasteiger partial charge in [-0.1, -0.05) is 38.5 Å². The molecule has 22 heavy (non-hydrogen) atoms. The Morgan fingerprint density at radius 1 is 1.23 bits per heavy atom. The lowest BCUT2D eigenvalue weighted by molar-refractivity contribution is -0.130. The summed E-state index contributed by atoms with van der Waals surface area (Å²) in [5, 5.41) is 12.8. The third-order valence-electron chi connectivity index (χ3n) is 4.68. The molecule has 1 aromatic rings. The van der Waals surface area contributed by atoms with E-state index in [2.05, 4.69) is 29.4 Å². The first-order chi connectivity index (χ1) is 10.6. The van der Waals surface area contributed by atoms with Crippen molar-refractivity contribution in [2.75, 3.05) is 18.8 Å². The summed E-state index contributed by atoms with van der Waals surface area (Å²) in [6.07, 6.45) is 6.01. The molecule has 1 aromatic heterocycles. The van der Waals surface area contributed by atoms with Crippen LogP contribution >= 0.6 is 11.8 Å². The number of hydrogen-bond donors (Lipinski definition) is 0. The Kier molecular flexibility index (Phi) is 5.00. The van der Waals surface area contributed by atoms with Crippen molar-refractivity contribution >= 4 is 17.7 Å². The van der Waals surface area contributed by atoms with E-state index in [4.69, 9.17) is 0 Å². The summed E-state index contributed by atoms with van der Waals surface area (Å²) in [6.45, 7) is 6.22. The van der Waals surface area contributed by atoms with Crippen molar-refractivity contribution in [1.82, 2.24) is 25.1 Å². The SMILES string of the molecule is CC1CC(C)CN(C(=O)CSc2nnnn2C2CCCC2)C1. The number of piperidine rings is 1. The topological polar surface area (TPSA) is 63.9 Å². The van der Waals surface area contributed by atoms with Crippen LogP contribution in [0.4, 0.5) is 0 Å². The van der Waals surface area contributed by atoms with E-state index in [-0.39, 0.29) is 5.91 Å². The van der Waals surface area contributed by atoms with Gasteiger partial charge in [-0.05, 0) is 41.5 Å². The molecule has 0 spiro atoms. The zero-order chi connectivity index (χ0) is 15.5. The number of aromatic nitrogens is 4. The molecule has 0 aromatic carbocycles. The Morgan fingerprint density at radius 2 is 1.91 bits per heavy atom. The fraction of sp³-hybridized carbons (Fsp3) is 0.867. The first-order valence-electron chi connectivity index (χ1n) is 8.32. The van der Waals surface area contributed by atoms with Crippen LogP contribution in [-0.4, -0.2) is 49.9 Å². The number of carbonyl (C=O) groups excluding carboxylic acids is 1. The monoisotopic (exact) mass is 323 g/mol. The highest BCUT2D eigenvalue weighted by molar-refractivity contribution is 7.99. The van der Waals surface area contributed by atoms with E-state index in [0.29, 0.717) is 23.6 Å². The van der Waals surface area contributed by atoms with E-state index in [1.165, 1.54) is 31.0 Å². The number of tetrazole rings is 1. The minimum atomic E-state index is 0.212. The lowest BCUT2D eigenvalue weighted by Crippen LogP contribution is -2.43. The van der Waals surface area contributed by atoms with Crippen molar-refractivity contribution in [2.45, 2.75) is 57.1 Å². The van der Waals surface area contributed by atoms with Crippen molar-refractivity contribution in [3.8, 4) is 0 Å². The molecule has 0 bridgehead atoms. The largest absolute Gasteiger partial charge is 0.341 e. The van der Waals surface area contributed by atoms with Crippen LogP contribution in [0.1, 0.15) is 52.0 Å². The molecule has 1 amide bonds. The van der Waals surface area contributed by atoms with Gasteiger partial charge in [0.1, 0.15) is 0 Å². The zero-order valence-corrected chi connectivity index (χ0v) is 14.3. The number of rotatable bonds is 4. The Morgan fingerprint density at radius 3 is 2.59 bits per heavy atom. The second kappa shape index (κ2) is 6.98. The highest BCUT2D eigenvalue weighted by Gasteiger charge is 2.26. The molecule has 2 fully saturated rings. The molecule has 2 aliphatic rings. The van der Waals surface area contributed by atoms with Gasteiger partial charge < -0.3 is 4.90 Å². The van der Waals surface area contributed by atoms with Crippen molar-refractivity contribution < 1.29 is 4.79 Å². The third kappa shape index (κ3) is 3.62. The predicted molar refractivity (Wildman–Crippen MR) is 85.6 cm³/mol. The van der Waals surface area contributed by atoms with Crippen LogP contribution in [0.25, 0.3) is 0 Å². The summed E-state index contributed by atoms with van der Waals surface area (Å²) in [7, 11) is 0. The van der Waals surface area contributed by atoms with Crippen LogP contribution in [0.3, 0.4) is 0 Å². The normalized spacial score (nSPS) is 26.5. The Bertz CT molecular complexity index is 504. The van der Waals surface area contributed by atoms with Crippen LogP contribution in [0.5, 0.6) is 0 Å². The first-order valence-corrected chi connectivity index (χ1v) is 9.30. The van der Waals surface area contributed by atoms with Gasteiger partial charge in [0.2, 0.25) is 11.1 Å². The van der Waals surface area contributed by atoms with Crippen LogP contribution in [0, 0.1) is 11.8 Å². The number of carbonyl (C=O) groups is 1. The summed E-state index contributed by atoms with van der Waals surface area (Å²) in [5.41, 5.74) is 0. The fourth-order valence-electron chi connectivity index (χ4n) is 3.74. The molecule has 122 valence electrons. The fourth-order valence-corrected chi connectivity index (χ4v) is 4.59. The minimum absolute atomic E-state index is 0.212. The molecular formula is C15H25N5OS. The second-order valence-electron chi connectivity index (χ2n) is 6.88. The van der Waals surface area contributed by atoms with Gasteiger partial charge in [-0.25, -0.2) is 4.68 Å². The van der Waals surface area contributed by atoms with Gasteiger partial charge in [0.15, 0.2) is 0 Å². The summed E-state index contributed by atoms with van der Waals surface area (Å²) >= 11 is 1.48. The Balaban J connectivity index is 1.56. The molecular weight excluding hydrogens is 298 g/mol. The van der Waals surface area contributed by atoms with Gasteiger partial charge in [-0.2, -0.15) is 0 Å². The minimum Gasteiger partial charge on any atom is -0.341 e. The van der Waals surface area contributed by atoms with Gasteiger partial charge in [-0.15, -0.1) is 5.10 Å². The van der Waals surface area contributed by atoms with Gasteiger partial charge in [0.05, 0.1) is 11.8 Å². The van der Waals surface area contributed by atoms with Crippen LogP contribution in [0.15, 0.2) is 5.16 Å². The van der Waals surface area contributed by atoms with Gasteiger partial charge in [-0.3, -0.25) is 4.79 Å².